The number of aldehydes is 1. The van der Waals surface area contributed by atoms with Gasteiger partial charge < -0.3 is 14.8 Å². The van der Waals surface area contributed by atoms with Gasteiger partial charge in [0, 0.05) is 4.47 Å². The number of hydrogen-bond acceptors (Lipinski definition) is 5. The van der Waals surface area contributed by atoms with E-state index in [1.165, 1.54) is 7.11 Å². The number of methoxy groups -OCH3 is 1. The highest BCUT2D eigenvalue weighted by Gasteiger charge is 2.14. The van der Waals surface area contributed by atoms with Crippen molar-refractivity contribution in [1.82, 2.24) is 0 Å². The maximum Gasteiger partial charge on any atom is 0.339 e. The van der Waals surface area contributed by atoms with Crippen LogP contribution in [-0.4, -0.2) is 31.9 Å². The van der Waals surface area contributed by atoms with Crippen LogP contribution in [0.2, 0.25) is 0 Å². The fourth-order valence-corrected chi connectivity index (χ4v) is 2.33. The number of benzene rings is 2. The number of rotatable bonds is 6. The number of ether oxygens (including phenoxy) is 2. The molecule has 24 heavy (non-hydrogen) atoms. The highest BCUT2D eigenvalue weighted by atomic mass is 79.9. The molecule has 0 atom stereocenters. The summed E-state index contributed by atoms with van der Waals surface area (Å²) >= 11 is 3.25. The van der Waals surface area contributed by atoms with Gasteiger partial charge >= 0.3 is 5.97 Å². The quantitative estimate of drug-likeness (QED) is 0.604. The molecule has 7 heteroatoms. The molecule has 0 saturated carbocycles. The van der Waals surface area contributed by atoms with Crippen LogP contribution in [0.4, 0.5) is 5.69 Å². The van der Waals surface area contributed by atoms with Crippen molar-refractivity contribution in [3.8, 4) is 5.75 Å². The Morgan fingerprint density at radius 3 is 2.67 bits per heavy atom. The van der Waals surface area contributed by atoms with Gasteiger partial charge in [-0.05, 0) is 30.3 Å². The molecule has 0 aromatic heterocycles. The minimum absolute atomic E-state index is 0.241. The summed E-state index contributed by atoms with van der Waals surface area (Å²) in [5.41, 5.74) is 0.891. The maximum absolute atomic E-state index is 12.0. The van der Waals surface area contributed by atoms with E-state index in [-0.39, 0.29) is 12.2 Å². The lowest BCUT2D eigenvalue weighted by molar-refractivity contribution is -0.118. The molecule has 6 nitrogen and oxygen atoms in total. The Balaban J connectivity index is 2.05. The van der Waals surface area contributed by atoms with Gasteiger partial charge in [0.15, 0.2) is 12.9 Å². The number of nitrogens with one attached hydrogen (secondary N) is 1. The highest BCUT2D eigenvalue weighted by molar-refractivity contribution is 9.10. The van der Waals surface area contributed by atoms with Gasteiger partial charge in [0.25, 0.3) is 5.91 Å². The van der Waals surface area contributed by atoms with Crippen molar-refractivity contribution in [2.24, 2.45) is 0 Å². The Labute approximate surface area is 146 Å². The Hall–Kier alpha value is -2.67. The van der Waals surface area contributed by atoms with Crippen molar-refractivity contribution in [1.29, 1.82) is 0 Å². The zero-order valence-corrected chi connectivity index (χ0v) is 14.3. The molecule has 124 valence electrons. The molecule has 1 N–H and O–H groups in total. The number of para-hydroxylation sites is 1. The summed E-state index contributed by atoms with van der Waals surface area (Å²) in [6.45, 7) is -0.308. The number of carbonyl (C=O) groups is 3. The summed E-state index contributed by atoms with van der Waals surface area (Å²) in [5.74, 6) is -0.723. The van der Waals surface area contributed by atoms with Gasteiger partial charge in [-0.2, -0.15) is 0 Å². The molecule has 2 aromatic rings. The van der Waals surface area contributed by atoms with E-state index in [1.807, 2.05) is 0 Å². The summed E-state index contributed by atoms with van der Waals surface area (Å²) in [7, 11) is 1.26. The zero-order valence-electron chi connectivity index (χ0n) is 12.7. The smallest absolute Gasteiger partial charge is 0.339 e. The second-order valence-corrected chi connectivity index (χ2v) is 5.59. The summed E-state index contributed by atoms with van der Waals surface area (Å²) in [6.07, 6.45) is 0.643. The van der Waals surface area contributed by atoms with E-state index < -0.39 is 11.9 Å². The van der Waals surface area contributed by atoms with Crippen LogP contribution in [0.1, 0.15) is 20.7 Å². The van der Waals surface area contributed by atoms with Crippen molar-refractivity contribution < 1.29 is 23.9 Å². The van der Waals surface area contributed by atoms with Crippen LogP contribution in [-0.2, 0) is 9.53 Å². The van der Waals surface area contributed by atoms with Gasteiger partial charge in [-0.3, -0.25) is 9.59 Å². The molecule has 2 aromatic carbocycles. The molecular formula is C17H14BrNO5. The second-order valence-electron chi connectivity index (χ2n) is 4.67. The van der Waals surface area contributed by atoms with E-state index in [0.717, 1.165) is 4.47 Å². The Kier molecular flexibility index (Phi) is 6.08. The third-order valence-electron chi connectivity index (χ3n) is 3.06. The number of esters is 1. The molecule has 0 unspecified atom stereocenters. The van der Waals surface area contributed by atoms with Gasteiger partial charge in [-0.1, -0.05) is 28.1 Å². The average Bonchev–Trinajstić information content (AvgIpc) is 2.60. The van der Waals surface area contributed by atoms with Gasteiger partial charge in [-0.25, -0.2) is 4.79 Å². The van der Waals surface area contributed by atoms with Gasteiger partial charge in [-0.15, -0.1) is 0 Å². The summed E-state index contributed by atoms with van der Waals surface area (Å²) in [5, 5.41) is 2.58. The highest BCUT2D eigenvalue weighted by Crippen LogP contribution is 2.22. The molecular weight excluding hydrogens is 378 g/mol. The maximum atomic E-state index is 12.0. The van der Waals surface area contributed by atoms with Crippen molar-refractivity contribution in [3.05, 3.63) is 58.1 Å². The van der Waals surface area contributed by atoms with Gasteiger partial charge in [0.2, 0.25) is 0 Å². The van der Waals surface area contributed by atoms with Crippen LogP contribution in [0.25, 0.3) is 0 Å². The van der Waals surface area contributed by atoms with Gasteiger partial charge in [0.05, 0.1) is 23.9 Å². The van der Waals surface area contributed by atoms with Crippen LogP contribution in [0.3, 0.4) is 0 Å². The topological polar surface area (TPSA) is 81.7 Å². The third kappa shape index (κ3) is 4.42. The molecule has 0 saturated heterocycles. The lowest BCUT2D eigenvalue weighted by Gasteiger charge is -2.11. The largest absolute Gasteiger partial charge is 0.483 e. The summed E-state index contributed by atoms with van der Waals surface area (Å²) in [4.78, 5) is 34.7. The first-order chi connectivity index (χ1) is 11.5. The second kappa shape index (κ2) is 8.26. The lowest BCUT2D eigenvalue weighted by atomic mass is 10.2. The molecule has 0 aliphatic rings. The summed E-state index contributed by atoms with van der Waals surface area (Å²) in [6, 6.07) is 11.4. The molecule has 0 heterocycles. The fourth-order valence-electron chi connectivity index (χ4n) is 1.95. The first-order valence-electron chi connectivity index (χ1n) is 6.90. The molecule has 0 aliphatic heterocycles. The molecule has 2 rings (SSSR count). The van der Waals surface area contributed by atoms with Gasteiger partial charge in [0.1, 0.15) is 5.75 Å². The predicted molar refractivity (Wildman–Crippen MR) is 91.4 cm³/mol. The molecule has 0 fully saturated rings. The van der Waals surface area contributed by atoms with Crippen molar-refractivity contribution in [2.45, 2.75) is 0 Å². The first-order valence-corrected chi connectivity index (χ1v) is 7.69. The monoisotopic (exact) mass is 391 g/mol. The number of amides is 1. The fraction of sp³-hybridized carbons (Fsp3) is 0.118. The minimum atomic E-state index is -0.553. The van der Waals surface area contributed by atoms with Crippen LogP contribution >= 0.6 is 15.9 Å². The van der Waals surface area contributed by atoms with Crippen molar-refractivity contribution >= 4 is 39.8 Å². The van der Waals surface area contributed by atoms with E-state index in [4.69, 9.17) is 4.74 Å². The van der Waals surface area contributed by atoms with E-state index in [1.54, 1.807) is 42.5 Å². The molecule has 0 radical (unpaired) electrons. The van der Waals surface area contributed by atoms with E-state index in [2.05, 4.69) is 26.0 Å². The standard InChI is InChI=1S/C17H14BrNO5/c1-23-17(22)13-4-2-3-5-14(13)19-16(21)10-24-15-7-6-12(18)8-11(15)9-20/h2-9H,10H2,1H3,(H,19,21). The van der Waals surface area contributed by atoms with Crippen LogP contribution in [0.15, 0.2) is 46.9 Å². The molecule has 0 spiro atoms. The third-order valence-corrected chi connectivity index (χ3v) is 3.56. The lowest BCUT2D eigenvalue weighted by Crippen LogP contribution is -2.22. The van der Waals surface area contributed by atoms with E-state index >= 15 is 0 Å². The SMILES string of the molecule is COC(=O)c1ccccc1NC(=O)COc1ccc(Br)cc1C=O. The number of carbonyl (C=O) groups excluding carboxylic acids is 3. The normalized spacial score (nSPS) is 9.92. The molecule has 1 amide bonds. The zero-order chi connectivity index (χ0) is 17.5. The van der Waals surface area contributed by atoms with E-state index in [9.17, 15) is 14.4 Å². The Bertz CT molecular complexity index is 775. The van der Waals surface area contributed by atoms with Crippen LogP contribution in [0.5, 0.6) is 5.75 Å². The minimum Gasteiger partial charge on any atom is -0.483 e. The average molecular weight is 392 g/mol. The van der Waals surface area contributed by atoms with Crippen molar-refractivity contribution in [3.63, 3.8) is 0 Å². The number of halogens is 1. The molecule has 0 aliphatic carbocycles. The first kappa shape index (κ1) is 17.7. The number of anilines is 1. The van der Waals surface area contributed by atoms with Crippen LogP contribution in [0, 0.1) is 0 Å². The predicted octanol–water partition coefficient (Wildman–Crippen LogP) is 3.07. The molecule has 0 bridgehead atoms. The van der Waals surface area contributed by atoms with Crippen LogP contribution < -0.4 is 10.1 Å². The van der Waals surface area contributed by atoms with Crippen molar-refractivity contribution in [2.75, 3.05) is 19.0 Å². The number of hydrogen-bond donors (Lipinski definition) is 1. The van der Waals surface area contributed by atoms with E-state index in [0.29, 0.717) is 23.3 Å². The Morgan fingerprint density at radius 1 is 1.21 bits per heavy atom. The Morgan fingerprint density at radius 2 is 1.96 bits per heavy atom. The summed E-state index contributed by atoms with van der Waals surface area (Å²) < 4.78 is 10.8.